The molecule has 4 rings (SSSR count). The lowest BCUT2D eigenvalue weighted by Gasteiger charge is -2.35. The van der Waals surface area contributed by atoms with Crippen LogP contribution in [0.3, 0.4) is 0 Å². The average molecular weight is 475 g/mol. The van der Waals surface area contributed by atoms with E-state index in [1.165, 1.54) is 23.1 Å². The molecule has 8 nitrogen and oxygen atoms in total. The Labute approximate surface area is 191 Å². The Kier molecular flexibility index (Phi) is 6.35. The lowest BCUT2D eigenvalue weighted by molar-refractivity contribution is 0.499. The molecule has 0 bridgehead atoms. The molecule has 32 heavy (non-hydrogen) atoms. The predicted octanol–water partition coefficient (Wildman–Crippen LogP) is 3.27. The van der Waals surface area contributed by atoms with Crippen molar-refractivity contribution in [2.24, 2.45) is 10.8 Å². The van der Waals surface area contributed by atoms with Gasteiger partial charge in [-0.05, 0) is 30.7 Å². The van der Waals surface area contributed by atoms with E-state index < -0.39 is 16.5 Å². The number of nitrogens with zero attached hydrogens (tertiary/aromatic N) is 4. The van der Waals surface area contributed by atoms with Gasteiger partial charge in [-0.25, -0.2) is 19.2 Å². The summed E-state index contributed by atoms with van der Waals surface area (Å²) in [5, 5.41) is 23.7. The quantitative estimate of drug-likeness (QED) is 0.180. The molecule has 3 aromatic rings. The minimum atomic E-state index is -0.827. The van der Waals surface area contributed by atoms with Crippen molar-refractivity contribution in [1.29, 1.82) is 5.41 Å². The maximum atomic E-state index is 14.6. The molecule has 0 saturated carbocycles. The number of aryl methyl sites for hydroxylation is 1. The number of hydrazine groups is 1. The molecule has 2 heterocycles. The number of nitrogens with one attached hydrogen (secondary N) is 3. The van der Waals surface area contributed by atoms with Crippen LogP contribution < -0.4 is 21.6 Å². The molecule has 0 fully saturated rings. The van der Waals surface area contributed by atoms with Crippen LogP contribution in [0.15, 0.2) is 53.6 Å². The van der Waals surface area contributed by atoms with E-state index in [9.17, 15) is 8.78 Å². The molecule has 1 aliphatic rings. The summed E-state index contributed by atoms with van der Waals surface area (Å²) in [5.41, 5.74) is 11.8. The van der Waals surface area contributed by atoms with Crippen molar-refractivity contribution in [3.63, 3.8) is 0 Å². The molecular weight excluding hydrogens is 454 g/mol. The third-order valence-corrected chi connectivity index (χ3v) is 6.95. The molecular formula is C20H20F2N8S2. The summed E-state index contributed by atoms with van der Waals surface area (Å²) in [5.74, 6) is -1.33. The first-order valence-corrected chi connectivity index (χ1v) is 11.2. The SMILES string of the molecule is Cc1nnc(N2N=C(c3cc(F)ccc3F)SC2(CCNNC(=N)N)c2ccccc2)s1. The van der Waals surface area contributed by atoms with Gasteiger partial charge in [0.2, 0.25) is 5.13 Å². The Hall–Kier alpha value is -3.09. The minimum Gasteiger partial charge on any atom is -0.369 e. The molecule has 2 aromatic carbocycles. The van der Waals surface area contributed by atoms with Crippen LogP contribution in [0.5, 0.6) is 0 Å². The maximum absolute atomic E-state index is 14.6. The molecule has 0 amide bonds. The Morgan fingerprint density at radius 1 is 1.19 bits per heavy atom. The number of benzene rings is 2. The zero-order chi connectivity index (χ0) is 22.7. The summed E-state index contributed by atoms with van der Waals surface area (Å²) in [4.78, 5) is -0.827. The summed E-state index contributed by atoms with van der Waals surface area (Å²) in [6.45, 7) is 2.23. The Bertz CT molecular complexity index is 1150. The first-order chi connectivity index (χ1) is 15.4. The van der Waals surface area contributed by atoms with Gasteiger partial charge in [-0.15, -0.1) is 10.2 Å². The molecule has 1 aliphatic heterocycles. The highest BCUT2D eigenvalue weighted by atomic mass is 32.2. The largest absolute Gasteiger partial charge is 0.369 e. The number of aromatic nitrogens is 2. The van der Waals surface area contributed by atoms with Gasteiger partial charge in [-0.1, -0.05) is 53.4 Å². The Morgan fingerprint density at radius 3 is 2.66 bits per heavy atom. The fourth-order valence-corrected chi connectivity index (χ4v) is 5.45. The normalized spacial score (nSPS) is 18.0. The fourth-order valence-electron chi connectivity index (χ4n) is 3.31. The number of nitrogens with two attached hydrogens (primary N) is 1. The summed E-state index contributed by atoms with van der Waals surface area (Å²) in [6.07, 6.45) is 0.463. The summed E-state index contributed by atoms with van der Waals surface area (Å²) < 4.78 is 28.6. The topological polar surface area (TPSA) is 115 Å². The fraction of sp³-hybridized carbons (Fsp3) is 0.200. The summed E-state index contributed by atoms with van der Waals surface area (Å²) in [7, 11) is 0. The first kappa shape index (κ1) is 22.1. The van der Waals surface area contributed by atoms with E-state index in [-0.39, 0.29) is 11.5 Å². The van der Waals surface area contributed by atoms with Crippen molar-refractivity contribution in [3.05, 3.63) is 76.3 Å². The van der Waals surface area contributed by atoms with Crippen LogP contribution in [0.1, 0.15) is 22.6 Å². The van der Waals surface area contributed by atoms with E-state index in [0.717, 1.165) is 28.8 Å². The predicted molar refractivity (Wildman–Crippen MR) is 123 cm³/mol. The zero-order valence-electron chi connectivity index (χ0n) is 17.0. The molecule has 166 valence electrons. The van der Waals surface area contributed by atoms with Crippen LogP contribution in [0.25, 0.3) is 0 Å². The van der Waals surface area contributed by atoms with Gasteiger partial charge < -0.3 is 5.73 Å². The monoisotopic (exact) mass is 474 g/mol. The van der Waals surface area contributed by atoms with E-state index in [4.69, 9.17) is 11.1 Å². The van der Waals surface area contributed by atoms with Crippen LogP contribution in [-0.4, -0.2) is 27.7 Å². The van der Waals surface area contributed by atoms with Gasteiger partial charge in [-0.2, -0.15) is 5.10 Å². The van der Waals surface area contributed by atoms with E-state index in [0.29, 0.717) is 23.1 Å². The third-order valence-electron chi connectivity index (χ3n) is 4.69. The van der Waals surface area contributed by atoms with Crippen molar-refractivity contribution in [2.75, 3.05) is 11.6 Å². The number of hydrazone groups is 1. The van der Waals surface area contributed by atoms with Crippen LogP contribution in [0.4, 0.5) is 13.9 Å². The van der Waals surface area contributed by atoms with Gasteiger partial charge in [0.1, 0.15) is 26.6 Å². The average Bonchev–Trinajstić information content (AvgIpc) is 3.38. The second-order valence-corrected chi connectivity index (χ2v) is 9.34. The van der Waals surface area contributed by atoms with Gasteiger partial charge >= 0.3 is 0 Å². The summed E-state index contributed by atoms with van der Waals surface area (Å²) >= 11 is 2.67. The number of guanidine groups is 1. The Morgan fingerprint density at radius 2 is 1.97 bits per heavy atom. The molecule has 1 unspecified atom stereocenters. The van der Waals surface area contributed by atoms with Crippen molar-refractivity contribution in [3.8, 4) is 0 Å². The van der Waals surface area contributed by atoms with Gasteiger partial charge in [0.25, 0.3) is 0 Å². The maximum Gasteiger partial charge on any atom is 0.230 e. The van der Waals surface area contributed by atoms with Crippen molar-refractivity contribution < 1.29 is 8.78 Å². The van der Waals surface area contributed by atoms with Crippen molar-refractivity contribution in [2.45, 2.75) is 18.2 Å². The number of thioether (sulfide) groups is 1. The van der Waals surface area contributed by atoms with Gasteiger partial charge in [-0.3, -0.25) is 10.8 Å². The van der Waals surface area contributed by atoms with Crippen LogP contribution in [0.2, 0.25) is 0 Å². The van der Waals surface area contributed by atoms with Crippen LogP contribution >= 0.6 is 23.1 Å². The molecule has 0 radical (unpaired) electrons. The third kappa shape index (κ3) is 4.42. The number of hydrogen-bond acceptors (Lipinski definition) is 8. The van der Waals surface area contributed by atoms with Gasteiger partial charge in [0.15, 0.2) is 5.96 Å². The van der Waals surface area contributed by atoms with Crippen molar-refractivity contribution in [1.82, 2.24) is 21.0 Å². The van der Waals surface area contributed by atoms with Crippen molar-refractivity contribution >= 4 is 39.2 Å². The van der Waals surface area contributed by atoms with E-state index in [1.54, 1.807) is 5.01 Å². The molecule has 0 saturated heterocycles. The highest BCUT2D eigenvalue weighted by Gasteiger charge is 2.48. The van der Waals surface area contributed by atoms with Gasteiger partial charge in [0, 0.05) is 18.5 Å². The summed E-state index contributed by atoms with van der Waals surface area (Å²) in [6, 6.07) is 12.9. The molecule has 0 aliphatic carbocycles. The second kappa shape index (κ2) is 9.18. The molecule has 0 spiro atoms. The Balaban J connectivity index is 1.80. The number of halogens is 2. The van der Waals surface area contributed by atoms with E-state index in [2.05, 4.69) is 26.2 Å². The molecule has 1 atom stereocenters. The smallest absolute Gasteiger partial charge is 0.230 e. The minimum absolute atomic E-state index is 0.0777. The number of rotatable bonds is 7. The molecule has 1 aromatic heterocycles. The van der Waals surface area contributed by atoms with E-state index >= 15 is 0 Å². The van der Waals surface area contributed by atoms with Crippen LogP contribution in [0, 0.1) is 24.0 Å². The highest BCUT2D eigenvalue weighted by Crippen LogP contribution is 2.52. The molecule has 12 heteroatoms. The van der Waals surface area contributed by atoms with Gasteiger partial charge in [0.05, 0.1) is 0 Å². The highest BCUT2D eigenvalue weighted by molar-refractivity contribution is 8.15. The number of hydrogen-bond donors (Lipinski definition) is 4. The zero-order valence-corrected chi connectivity index (χ0v) is 18.6. The van der Waals surface area contributed by atoms with Crippen LogP contribution in [-0.2, 0) is 4.87 Å². The molecule has 5 N–H and O–H groups in total. The lowest BCUT2D eigenvalue weighted by atomic mass is 10.0. The standard InChI is InChI=1S/C20H20F2N8S2/c1-12-26-28-19(31-12)30-20(9-10-25-27-18(23)24,13-5-3-2-4-6-13)32-17(29-30)15-11-14(21)7-8-16(15)22/h2-8,11,25H,9-10H2,1H3,(H4,23,24,27). The second-order valence-electron chi connectivity index (χ2n) is 6.91. The van der Waals surface area contributed by atoms with E-state index in [1.807, 2.05) is 37.3 Å². The lowest BCUT2D eigenvalue weighted by Crippen LogP contribution is -2.46. The first-order valence-electron chi connectivity index (χ1n) is 9.61. The number of anilines is 1.